The van der Waals surface area contributed by atoms with Gasteiger partial charge >= 0.3 is 0 Å². The van der Waals surface area contributed by atoms with Gasteiger partial charge in [0.05, 0.1) is 0 Å². The van der Waals surface area contributed by atoms with Gasteiger partial charge < -0.3 is 5.73 Å². The lowest BCUT2D eigenvalue weighted by Crippen LogP contribution is -1.95. The first-order valence-corrected chi connectivity index (χ1v) is 13.1. The van der Waals surface area contributed by atoms with Crippen molar-refractivity contribution in [1.29, 1.82) is 0 Å². The van der Waals surface area contributed by atoms with Crippen LogP contribution in [0.25, 0.3) is 0 Å². The maximum absolute atomic E-state index is 5.87. The van der Waals surface area contributed by atoms with Crippen LogP contribution in [-0.2, 0) is 12.8 Å². The van der Waals surface area contributed by atoms with Crippen LogP contribution in [0.4, 0.5) is 5.69 Å². The molecule has 2 N–H and O–H groups in total. The van der Waals surface area contributed by atoms with Crippen molar-refractivity contribution in [3.63, 3.8) is 0 Å². The van der Waals surface area contributed by atoms with Crippen LogP contribution in [-0.4, -0.2) is 0 Å². The van der Waals surface area contributed by atoms with Gasteiger partial charge in [0.1, 0.15) is 0 Å². The summed E-state index contributed by atoms with van der Waals surface area (Å²) in [6.45, 7) is 4.44. The van der Waals surface area contributed by atoms with Crippen molar-refractivity contribution in [3.8, 4) is 0 Å². The largest absolute Gasteiger partial charge is 0.399 e. The standard InChI is InChI=1S/C30H47N/c1-3-4-5-6-7-8-9-10-11-12-13-14-15-16-17-27-18-20-28(21-19-27)25-29-22-23-30(31)24-26(29)2/h18-24H,3-17,25,31H2,1-2H3. The first kappa shape index (κ1) is 25.5. The van der Waals surface area contributed by atoms with Crippen LogP contribution >= 0.6 is 0 Å². The third kappa shape index (κ3) is 11.4. The molecule has 0 spiro atoms. The van der Waals surface area contributed by atoms with E-state index in [0.29, 0.717) is 0 Å². The Hall–Kier alpha value is -1.76. The van der Waals surface area contributed by atoms with Gasteiger partial charge in [-0.2, -0.15) is 0 Å². The number of hydrogen-bond acceptors (Lipinski definition) is 1. The fourth-order valence-corrected chi connectivity index (χ4v) is 4.48. The van der Waals surface area contributed by atoms with Crippen LogP contribution in [0, 0.1) is 6.92 Å². The van der Waals surface area contributed by atoms with Gasteiger partial charge in [-0.25, -0.2) is 0 Å². The van der Waals surface area contributed by atoms with E-state index in [2.05, 4.69) is 50.2 Å². The molecule has 0 fully saturated rings. The lowest BCUT2D eigenvalue weighted by Gasteiger charge is -2.08. The summed E-state index contributed by atoms with van der Waals surface area (Å²) in [6.07, 6.45) is 22.2. The van der Waals surface area contributed by atoms with Gasteiger partial charge in [-0.05, 0) is 60.6 Å². The van der Waals surface area contributed by atoms with E-state index in [1.807, 2.05) is 6.07 Å². The predicted octanol–water partition coefficient (Wildman–Crippen LogP) is 9.19. The Balaban J connectivity index is 1.47. The Morgan fingerprint density at radius 2 is 1.06 bits per heavy atom. The molecule has 1 nitrogen and oxygen atoms in total. The lowest BCUT2D eigenvalue weighted by molar-refractivity contribution is 0.535. The van der Waals surface area contributed by atoms with Crippen molar-refractivity contribution < 1.29 is 0 Å². The second kappa shape index (κ2) is 16.0. The van der Waals surface area contributed by atoms with Crippen LogP contribution in [0.1, 0.15) is 119 Å². The fourth-order valence-electron chi connectivity index (χ4n) is 4.48. The Kier molecular flexibility index (Phi) is 13.1. The van der Waals surface area contributed by atoms with E-state index >= 15 is 0 Å². The van der Waals surface area contributed by atoms with Gasteiger partial charge in [0, 0.05) is 5.69 Å². The van der Waals surface area contributed by atoms with E-state index in [1.165, 1.54) is 119 Å². The number of benzene rings is 2. The van der Waals surface area contributed by atoms with E-state index in [0.717, 1.165) is 12.1 Å². The number of anilines is 1. The summed E-state index contributed by atoms with van der Waals surface area (Å²) in [5.41, 5.74) is 12.2. The average Bonchev–Trinajstić information content (AvgIpc) is 2.77. The highest BCUT2D eigenvalue weighted by molar-refractivity contribution is 5.45. The minimum absolute atomic E-state index is 0.852. The first-order chi connectivity index (χ1) is 15.2. The zero-order valence-electron chi connectivity index (χ0n) is 20.4. The summed E-state index contributed by atoms with van der Waals surface area (Å²) in [7, 11) is 0. The Labute approximate surface area is 192 Å². The van der Waals surface area contributed by atoms with Crippen molar-refractivity contribution in [3.05, 3.63) is 64.7 Å². The van der Waals surface area contributed by atoms with Crippen LogP contribution in [0.5, 0.6) is 0 Å². The number of nitrogen functional groups attached to an aromatic ring is 1. The zero-order valence-corrected chi connectivity index (χ0v) is 20.4. The SMILES string of the molecule is CCCCCCCCCCCCCCCCc1ccc(Cc2ccc(N)cc2C)cc1. The zero-order chi connectivity index (χ0) is 22.2. The van der Waals surface area contributed by atoms with Crippen molar-refractivity contribution in [2.24, 2.45) is 0 Å². The van der Waals surface area contributed by atoms with E-state index in [-0.39, 0.29) is 0 Å². The third-order valence-electron chi connectivity index (χ3n) is 6.60. The monoisotopic (exact) mass is 421 g/mol. The number of rotatable bonds is 17. The molecule has 172 valence electrons. The quantitative estimate of drug-likeness (QED) is 0.200. The number of hydrogen-bond donors (Lipinski definition) is 1. The molecule has 0 aromatic heterocycles. The van der Waals surface area contributed by atoms with Crippen molar-refractivity contribution in [2.45, 2.75) is 117 Å². The summed E-state index contributed by atoms with van der Waals surface area (Å²) in [6, 6.07) is 15.5. The molecule has 31 heavy (non-hydrogen) atoms. The molecule has 0 bridgehead atoms. The molecule has 1 heteroatoms. The molecular formula is C30H47N. The summed E-state index contributed by atoms with van der Waals surface area (Å²) < 4.78 is 0. The van der Waals surface area contributed by atoms with E-state index in [1.54, 1.807) is 0 Å². The van der Waals surface area contributed by atoms with Gasteiger partial charge in [-0.1, -0.05) is 121 Å². The van der Waals surface area contributed by atoms with Gasteiger partial charge in [-0.3, -0.25) is 0 Å². The molecule has 0 aliphatic carbocycles. The first-order valence-electron chi connectivity index (χ1n) is 13.1. The Morgan fingerprint density at radius 3 is 1.58 bits per heavy atom. The van der Waals surface area contributed by atoms with Crippen LogP contribution in [0.15, 0.2) is 42.5 Å². The normalized spacial score (nSPS) is 11.2. The highest BCUT2D eigenvalue weighted by Crippen LogP contribution is 2.18. The van der Waals surface area contributed by atoms with Gasteiger partial charge in [0.25, 0.3) is 0 Å². The second-order valence-corrected chi connectivity index (χ2v) is 9.53. The molecule has 0 saturated heterocycles. The molecule has 0 atom stereocenters. The maximum Gasteiger partial charge on any atom is 0.0316 e. The second-order valence-electron chi connectivity index (χ2n) is 9.53. The van der Waals surface area contributed by atoms with E-state index < -0.39 is 0 Å². The smallest absolute Gasteiger partial charge is 0.0316 e. The topological polar surface area (TPSA) is 26.0 Å². The lowest BCUT2D eigenvalue weighted by atomic mass is 9.98. The molecule has 2 aromatic carbocycles. The van der Waals surface area contributed by atoms with Crippen molar-refractivity contribution >= 4 is 5.69 Å². The van der Waals surface area contributed by atoms with E-state index in [9.17, 15) is 0 Å². The van der Waals surface area contributed by atoms with Crippen LogP contribution in [0.2, 0.25) is 0 Å². The minimum Gasteiger partial charge on any atom is -0.399 e. The van der Waals surface area contributed by atoms with Crippen molar-refractivity contribution in [2.75, 3.05) is 5.73 Å². The van der Waals surface area contributed by atoms with Crippen LogP contribution in [0.3, 0.4) is 0 Å². The molecule has 2 rings (SSSR count). The molecule has 0 heterocycles. The number of nitrogens with two attached hydrogens (primary N) is 1. The highest BCUT2D eigenvalue weighted by Gasteiger charge is 2.02. The summed E-state index contributed by atoms with van der Waals surface area (Å²) in [4.78, 5) is 0. The molecule has 0 aliphatic rings. The number of aryl methyl sites for hydroxylation is 2. The number of unbranched alkanes of at least 4 members (excludes halogenated alkanes) is 13. The third-order valence-corrected chi connectivity index (χ3v) is 6.60. The fraction of sp³-hybridized carbons (Fsp3) is 0.600. The van der Waals surface area contributed by atoms with Crippen LogP contribution < -0.4 is 5.73 Å². The molecule has 0 saturated carbocycles. The summed E-state index contributed by atoms with van der Waals surface area (Å²) in [5.74, 6) is 0. The minimum atomic E-state index is 0.852. The molecule has 0 amide bonds. The van der Waals surface area contributed by atoms with Gasteiger partial charge in [0.15, 0.2) is 0 Å². The summed E-state index contributed by atoms with van der Waals surface area (Å²) in [5, 5.41) is 0. The Morgan fingerprint density at radius 1 is 0.581 bits per heavy atom. The molecule has 0 aliphatic heterocycles. The molecule has 2 aromatic rings. The summed E-state index contributed by atoms with van der Waals surface area (Å²) >= 11 is 0. The maximum atomic E-state index is 5.87. The highest BCUT2D eigenvalue weighted by atomic mass is 14.5. The predicted molar refractivity (Wildman–Crippen MR) is 139 cm³/mol. The van der Waals surface area contributed by atoms with Crippen molar-refractivity contribution in [1.82, 2.24) is 0 Å². The van der Waals surface area contributed by atoms with Gasteiger partial charge in [0.2, 0.25) is 0 Å². The molecular weight excluding hydrogens is 374 g/mol. The van der Waals surface area contributed by atoms with E-state index in [4.69, 9.17) is 5.73 Å². The molecule has 0 unspecified atom stereocenters. The Bertz CT molecular complexity index is 701. The molecule has 0 radical (unpaired) electrons. The average molecular weight is 422 g/mol. The van der Waals surface area contributed by atoms with Gasteiger partial charge in [-0.15, -0.1) is 0 Å².